The van der Waals surface area contributed by atoms with E-state index in [9.17, 15) is 13.5 Å². The summed E-state index contributed by atoms with van der Waals surface area (Å²) in [7, 11) is -2.91. The molecule has 0 unspecified atom stereocenters. The van der Waals surface area contributed by atoms with Crippen LogP contribution in [0.15, 0.2) is 0 Å². The van der Waals surface area contributed by atoms with E-state index in [0.29, 0.717) is 19.4 Å². The Hall–Kier alpha value is 0.160. The van der Waals surface area contributed by atoms with Crippen molar-refractivity contribution in [2.45, 2.75) is 30.9 Å². The van der Waals surface area contributed by atoms with Gasteiger partial charge in [0.15, 0.2) is 0 Å². The minimum Gasteiger partial charge on any atom is -0.396 e. The normalized spacial score (nSPS) is 32.1. The number of aliphatic hydroxyl groups excluding tert-OH is 1. The zero-order chi connectivity index (χ0) is 10.8. The van der Waals surface area contributed by atoms with Crippen LogP contribution >= 0.6 is 12.4 Å². The smallest absolute Gasteiger partial charge is 0.150 e. The van der Waals surface area contributed by atoms with E-state index in [-0.39, 0.29) is 29.7 Å². The molecular formula is C9H20ClNO3S. The van der Waals surface area contributed by atoms with E-state index in [1.165, 1.54) is 6.26 Å². The Balaban J connectivity index is 0.00000196. The molecule has 92 valence electrons. The first-order valence-corrected chi connectivity index (χ1v) is 6.89. The van der Waals surface area contributed by atoms with Crippen molar-refractivity contribution in [3.8, 4) is 0 Å². The molecule has 0 bridgehead atoms. The number of aliphatic hydroxyl groups is 1. The molecular weight excluding hydrogens is 238 g/mol. The van der Waals surface area contributed by atoms with Crippen molar-refractivity contribution >= 4 is 22.2 Å². The highest BCUT2D eigenvalue weighted by atomic mass is 35.5. The van der Waals surface area contributed by atoms with Gasteiger partial charge in [-0.25, -0.2) is 8.42 Å². The second-order valence-corrected chi connectivity index (χ2v) is 6.72. The molecule has 0 saturated heterocycles. The molecule has 4 nitrogen and oxygen atoms in total. The van der Waals surface area contributed by atoms with Crippen LogP contribution in [0.4, 0.5) is 0 Å². The molecule has 1 aliphatic rings. The molecule has 0 amide bonds. The zero-order valence-corrected chi connectivity index (χ0v) is 10.6. The fourth-order valence-corrected chi connectivity index (χ4v) is 3.15. The molecule has 1 saturated carbocycles. The van der Waals surface area contributed by atoms with Gasteiger partial charge in [0.05, 0.1) is 5.25 Å². The second-order valence-electron chi connectivity index (χ2n) is 4.39. The number of nitrogens with two attached hydrogens (primary N) is 1. The highest BCUT2D eigenvalue weighted by Crippen LogP contribution is 2.37. The quantitative estimate of drug-likeness (QED) is 0.764. The van der Waals surface area contributed by atoms with E-state index in [2.05, 4.69) is 0 Å². The van der Waals surface area contributed by atoms with Crippen LogP contribution in [0.25, 0.3) is 0 Å². The molecule has 15 heavy (non-hydrogen) atoms. The fourth-order valence-electron chi connectivity index (χ4n) is 2.06. The maximum atomic E-state index is 11.3. The number of rotatable bonds is 3. The van der Waals surface area contributed by atoms with Crippen LogP contribution in [0, 0.1) is 5.41 Å². The highest BCUT2D eigenvalue weighted by Gasteiger charge is 2.36. The van der Waals surface area contributed by atoms with E-state index in [1.807, 2.05) is 0 Å². The topological polar surface area (TPSA) is 80.4 Å². The van der Waals surface area contributed by atoms with E-state index in [1.54, 1.807) is 0 Å². The molecule has 1 fully saturated rings. The van der Waals surface area contributed by atoms with Gasteiger partial charge in [0.1, 0.15) is 9.84 Å². The van der Waals surface area contributed by atoms with Crippen LogP contribution in [0.2, 0.25) is 0 Å². The van der Waals surface area contributed by atoms with Gasteiger partial charge in [-0.05, 0) is 25.7 Å². The molecule has 0 atom stereocenters. The maximum Gasteiger partial charge on any atom is 0.150 e. The van der Waals surface area contributed by atoms with Gasteiger partial charge in [0.2, 0.25) is 0 Å². The van der Waals surface area contributed by atoms with Crippen LogP contribution in [-0.4, -0.2) is 38.2 Å². The molecule has 0 heterocycles. The molecule has 0 aromatic carbocycles. The summed E-state index contributed by atoms with van der Waals surface area (Å²) in [5, 5.41) is 8.97. The molecule has 1 aliphatic carbocycles. The van der Waals surface area contributed by atoms with Crippen molar-refractivity contribution in [3.63, 3.8) is 0 Å². The van der Waals surface area contributed by atoms with Gasteiger partial charge in [-0.1, -0.05) is 0 Å². The van der Waals surface area contributed by atoms with Gasteiger partial charge < -0.3 is 10.8 Å². The van der Waals surface area contributed by atoms with Gasteiger partial charge in [0, 0.05) is 24.8 Å². The summed E-state index contributed by atoms with van der Waals surface area (Å²) in [5.41, 5.74) is 5.37. The Morgan fingerprint density at radius 3 is 2.13 bits per heavy atom. The van der Waals surface area contributed by atoms with Crippen molar-refractivity contribution in [1.82, 2.24) is 0 Å². The van der Waals surface area contributed by atoms with E-state index >= 15 is 0 Å². The lowest BCUT2D eigenvalue weighted by atomic mass is 9.74. The number of halogens is 1. The number of hydrogen-bond acceptors (Lipinski definition) is 4. The second kappa shape index (κ2) is 5.48. The largest absolute Gasteiger partial charge is 0.396 e. The molecule has 0 aromatic heterocycles. The van der Waals surface area contributed by atoms with Crippen molar-refractivity contribution in [1.29, 1.82) is 0 Å². The SMILES string of the molecule is CS(=O)(=O)C1CCC(CN)(CO)CC1.Cl. The average Bonchev–Trinajstić information content (AvgIpc) is 2.16. The third kappa shape index (κ3) is 3.59. The molecule has 3 N–H and O–H groups in total. The summed E-state index contributed by atoms with van der Waals surface area (Å²) in [6.45, 7) is 0.514. The van der Waals surface area contributed by atoms with Crippen molar-refractivity contribution < 1.29 is 13.5 Å². The standard InChI is InChI=1S/C9H19NO3S.ClH/c1-14(12,13)8-2-4-9(6-10,7-11)5-3-8;/h8,11H,2-7,10H2,1H3;1H. The van der Waals surface area contributed by atoms with Crippen LogP contribution in [-0.2, 0) is 9.84 Å². The monoisotopic (exact) mass is 257 g/mol. The van der Waals surface area contributed by atoms with Gasteiger partial charge in [-0.15, -0.1) is 12.4 Å². The van der Waals surface area contributed by atoms with Crippen molar-refractivity contribution in [2.24, 2.45) is 11.1 Å². The Bertz CT molecular complexity index is 278. The predicted octanol–water partition coefficient (Wildman–Crippen LogP) is 0.333. The van der Waals surface area contributed by atoms with Gasteiger partial charge in [-0.2, -0.15) is 0 Å². The van der Waals surface area contributed by atoms with Gasteiger partial charge >= 0.3 is 0 Å². The summed E-state index contributed by atoms with van der Waals surface area (Å²) in [4.78, 5) is 0. The summed E-state index contributed by atoms with van der Waals surface area (Å²) in [6, 6.07) is 0. The lowest BCUT2D eigenvalue weighted by Crippen LogP contribution is -2.40. The Kier molecular flexibility index (Phi) is 5.54. The molecule has 0 spiro atoms. The minimum absolute atomic E-state index is 0. The van der Waals surface area contributed by atoms with Crippen LogP contribution in [0.1, 0.15) is 25.7 Å². The number of hydrogen-bond donors (Lipinski definition) is 2. The van der Waals surface area contributed by atoms with Gasteiger partial charge in [-0.3, -0.25) is 0 Å². The maximum absolute atomic E-state index is 11.3. The van der Waals surface area contributed by atoms with E-state index in [4.69, 9.17) is 5.73 Å². The van der Waals surface area contributed by atoms with Gasteiger partial charge in [0.25, 0.3) is 0 Å². The minimum atomic E-state index is -2.91. The summed E-state index contributed by atoms with van der Waals surface area (Å²) < 4.78 is 22.6. The third-order valence-electron chi connectivity index (χ3n) is 3.37. The molecule has 0 aliphatic heterocycles. The number of sulfone groups is 1. The summed E-state index contributed by atoms with van der Waals surface area (Å²) >= 11 is 0. The van der Waals surface area contributed by atoms with Crippen molar-refractivity contribution in [2.75, 3.05) is 19.4 Å². The lowest BCUT2D eigenvalue weighted by molar-refractivity contribution is 0.0913. The van der Waals surface area contributed by atoms with Crippen molar-refractivity contribution in [3.05, 3.63) is 0 Å². The first-order chi connectivity index (χ1) is 6.43. The first kappa shape index (κ1) is 15.2. The average molecular weight is 258 g/mol. The Labute approximate surface area is 97.6 Å². The first-order valence-electron chi connectivity index (χ1n) is 4.93. The van der Waals surface area contributed by atoms with E-state index < -0.39 is 9.84 Å². The van der Waals surface area contributed by atoms with Crippen LogP contribution < -0.4 is 5.73 Å². The van der Waals surface area contributed by atoms with Crippen LogP contribution in [0.5, 0.6) is 0 Å². The highest BCUT2D eigenvalue weighted by molar-refractivity contribution is 7.91. The van der Waals surface area contributed by atoms with Crippen LogP contribution in [0.3, 0.4) is 0 Å². The molecule has 6 heteroatoms. The summed E-state index contributed by atoms with van der Waals surface area (Å²) in [5.74, 6) is 0. The Morgan fingerprint density at radius 1 is 1.40 bits per heavy atom. The predicted molar refractivity (Wildman–Crippen MR) is 62.9 cm³/mol. The van der Waals surface area contributed by atoms with E-state index in [0.717, 1.165) is 12.8 Å². The zero-order valence-electron chi connectivity index (χ0n) is 8.98. The molecule has 0 radical (unpaired) electrons. The Morgan fingerprint density at radius 2 is 1.87 bits per heavy atom. The lowest BCUT2D eigenvalue weighted by Gasteiger charge is -2.37. The fraction of sp³-hybridized carbons (Fsp3) is 1.00. The summed E-state index contributed by atoms with van der Waals surface area (Å²) in [6.07, 6.45) is 3.99. The molecule has 1 rings (SSSR count). The third-order valence-corrected chi connectivity index (χ3v) is 5.05. The molecule has 0 aromatic rings.